The maximum absolute atomic E-state index is 13.6. The topological polar surface area (TPSA) is 128 Å². The summed E-state index contributed by atoms with van der Waals surface area (Å²) in [4.78, 5) is 30.1. The zero-order chi connectivity index (χ0) is 25.7. The molecule has 3 aromatic rings. The summed E-state index contributed by atoms with van der Waals surface area (Å²) in [6, 6.07) is 13.4. The number of benzene rings is 2. The van der Waals surface area contributed by atoms with Crippen LogP contribution in [-0.2, 0) is 16.0 Å². The lowest BCUT2D eigenvalue weighted by Crippen LogP contribution is -2.31. The lowest BCUT2D eigenvalue weighted by atomic mass is 9.95. The molecule has 3 N–H and O–H groups in total. The molecule has 2 heterocycles. The number of aryl methyl sites for hydroxylation is 1. The Morgan fingerprint density at radius 3 is 2.50 bits per heavy atom. The molecule has 1 aliphatic heterocycles. The van der Waals surface area contributed by atoms with Crippen LogP contribution in [0.15, 0.2) is 59.8 Å². The molecule has 0 bridgehead atoms. The Labute approximate surface area is 209 Å². The Kier molecular flexibility index (Phi) is 7.65. The van der Waals surface area contributed by atoms with Crippen molar-refractivity contribution in [2.45, 2.75) is 32.7 Å². The summed E-state index contributed by atoms with van der Waals surface area (Å²) < 4.78 is 12.0. The SMILES string of the molecule is CCOC(=O)c1ccc(NC(=O)C2=C(C)Nc3nc(CCCO)nn3[C@H]2c2ccc(OC)cc2)cc1. The molecule has 0 saturated carbocycles. The number of ether oxygens (including phenoxy) is 2. The van der Waals surface area contributed by atoms with Crippen LogP contribution in [0.4, 0.5) is 11.6 Å². The molecule has 2 aromatic carbocycles. The third-order valence-corrected chi connectivity index (χ3v) is 5.79. The van der Waals surface area contributed by atoms with Gasteiger partial charge in [0.05, 0.1) is 24.9 Å². The Hall–Kier alpha value is -4.18. The van der Waals surface area contributed by atoms with Gasteiger partial charge in [-0.05, 0) is 62.2 Å². The molecule has 0 aliphatic carbocycles. The van der Waals surface area contributed by atoms with Crippen molar-refractivity contribution in [2.75, 3.05) is 31.0 Å². The van der Waals surface area contributed by atoms with Crippen molar-refractivity contribution in [3.8, 4) is 5.75 Å². The summed E-state index contributed by atoms with van der Waals surface area (Å²) in [6.45, 7) is 3.90. The zero-order valence-electron chi connectivity index (χ0n) is 20.4. The van der Waals surface area contributed by atoms with Crippen molar-refractivity contribution in [3.63, 3.8) is 0 Å². The van der Waals surface area contributed by atoms with Gasteiger partial charge in [0.1, 0.15) is 11.8 Å². The van der Waals surface area contributed by atoms with Crippen LogP contribution in [0.25, 0.3) is 0 Å². The Morgan fingerprint density at radius 2 is 1.86 bits per heavy atom. The van der Waals surface area contributed by atoms with E-state index in [2.05, 4.69) is 20.7 Å². The molecule has 36 heavy (non-hydrogen) atoms. The lowest BCUT2D eigenvalue weighted by molar-refractivity contribution is -0.113. The van der Waals surface area contributed by atoms with Crippen LogP contribution in [0.3, 0.4) is 0 Å². The smallest absolute Gasteiger partial charge is 0.338 e. The number of aliphatic hydroxyl groups excluding tert-OH is 1. The van der Waals surface area contributed by atoms with Gasteiger partial charge in [0, 0.05) is 24.4 Å². The van der Waals surface area contributed by atoms with Gasteiger partial charge in [-0.1, -0.05) is 12.1 Å². The third kappa shape index (κ3) is 5.23. The number of carbonyl (C=O) groups is 2. The molecule has 1 amide bonds. The van der Waals surface area contributed by atoms with E-state index in [1.165, 1.54) is 0 Å². The first-order valence-electron chi connectivity index (χ1n) is 11.7. The van der Waals surface area contributed by atoms with E-state index in [9.17, 15) is 14.7 Å². The van der Waals surface area contributed by atoms with Gasteiger partial charge in [0.25, 0.3) is 5.91 Å². The van der Waals surface area contributed by atoms with Gasteiger partial charge in [-0.15, -0.1) is 0 Å². The number of rotatable bonds is 9. The van der Waals surface area contributed by atoms with Crippen molar-refractivity contribution in [1.82, 2.24) is 14.8 Å². The molecule has 10 nitrogen and oxygen atoms in total. The summed E-state index contributed by atoms with van der Waals surface area (Å²) in [5.74, 6) is 1.07. The van der Waals surface area contributed by atoms with Gasteiger partial charge in [-0.2, -0.15) is 10.1 Å². The first-order valence-corrected chi connectivity index (χ1v) is 11.7. The van der Waals surface area contributed by atoms with Crippen molar-refractivity contribution in [1.29, 1.82) is 0 Å². The van der Waals surface area contributed by atoms with Crippen molar-refractivity contribution in [3.05, 3.63) is 76.8 Å². The van der Waals surface area contributed by atoms with Crippen molar-refractivity contribution in [2.24, 2.45) is 0 Å². The largest absolute Gasteiger partial charge is 0.497 e. The number of amides is 1. The number of nitrogens with zero attached hydrogens (tertiary/aromatic N) is 3. The molecule has 188 valence electrons. The summed E-state index contributed by atoms with van der Waals surface area (Å²) in [5.41, 5.74) is 2.89. The molecule has 10 heteroatoms. The summed E-state index contributed by atoms with van der Waals surface area (Å²) >= 11 is 0. The van der Waals surface area contributed by atoms with E-state index < -0.39 is 12.0 Å². The predicted octanol–water partition coefficient (Wildman–Crippen LogP) is 3.32. The highest BCUT2D eigenvalue weighted by atomic mass is 16.5. The van der Waals surface area contributed by atoms with Crippen LogP contribution < -0.4 is 15.4 Å². The Bertz CT molecular complexity index is 1260. The summed E-state index contributed by atoms with van der Waals surface area (Å²) in [6.07, 6.45) is 1.05. The number of aliphatic hydroxyl groups is 1. The van der Waals surface area contributed by atoms with Crippen molar-refractivity contribution < 1.29 is 24.2 Å². The van der Waals surface area contributed by atoms with E-state index in [0.717, 1.165) is 5.56 Å². The highest BCUT2D eigenvalue weighted by molar-refractivity contribution is 6.06. The standard InChI is InChI=1S/C26H29N5O5/c1-4-36-25(34)18-7-11-19(12-8-18)28-24(33)22-16(2)27-26-29-21(6-5-15-32)30-31(26)23(22)17-9-13-20(35-3)14-10-17/h7-14,23,32H,4-6,15H2,1-3H3,(H,28,33)(H,27,29,30)/t23-/m0/s1. The van der Waals surface area contributed by atoms with Crippen LogP contribution in [-0.4, -0.2) is 52.1 Å². The van der Waals surface area contributed by atoms with Crippen LogP contribution in [0.5, 0.6) is 5.75 Å². The average molecular weight is 492 g/mol. The second kappa shape index (κ2) is 11.0. The number of hydrogen-bond donors (Lipinski definition) is 3. The predicted molar refractivity (Wildman–Crippen MR) is 134 cm³/mol. The highest BCUT2D eigenvalue weighted by Crippen LogP contribution is 2.36. The highest BCUT2D eigenvalue weighted by Gasteiger charge is 2.34. The van der Waals surface area contributed by atoms with Gasteiger partial charge in [-0.3, -0.25) is 4.79 Å². The number of hydrogen-bond acceptors (Lipinski definition) is 8. The fraction of sp³-hybridized carbons (Fsp3) is 0.308. The maximum Gasteiger partial charge on any atom is 0.338 e. The molecule has 0 spiro atoms. The van der Waals surface area contributed by atoms with Gasteiger partial charge in [0.2, 0.25) is 5.95 Å². The summed E-state index contributed by atoms with van der Waals surface area (Å²) in [7, 11) is 1.60. The van der Waals surface area contributed by atoms with Gasteiger partial charge in [-0.25, -0.2) is 9.48 Å². The first kappa shape index (κ1) is 24.9. The molecule has 0 fully saturated rings. The number of allylic oxidation sites excluding steroid dienone is 1. The molecule has 0 unspecified atom stereocenters. The number of anilines is 2. The minimum absolute atomic E-state index is 0.0408. The fourth-order valence-corrected chi connectivity index (χ4v) is 4.03. The van der Waals surface area contributed by atoms with E-state index >= 15 is 0 Å². The quantitative estimate of drug-likeness (QED) is 0.389. The molecular weight excluding hydrogens is 462 g/mol. The van der Waals surface area contributed by atoms with Gasteiger partial charge >= 0.3 is 5.97 Å². The number of methoxy groups -OCH3 is 1. The first-order chi connectivity index (χ1) is 17.4. The summed E-state index contributed by atoms with van der Waals surface area (Å²) in [5, 5.41) is 20.0. The number of fused-ring (bicyclic) bond motifs is 1. The van der Waals surface area contributed by atoms with E-state index in [4.69, 9.17) is 9.47 Å². The number of nitrogens with one attached hydrogen (secondary N) is 2. The fourth-order valence-electron chi connectivity index (χ4n) is 4.03. The normalized spacial score (nSPS) is 14.6. The van der Waals surface area contributed by atoms with Gasteiger partial charge < -0.3 is 25.2 Å². The van der Waals surface area contributed by atoms with Gasteiger partial charge in [0.15, 0.2) is 5.82 Å². The third-order valence-electron chi connectivity index (χ3n) is 5.79. The van der Waals surface area contributed by atoms with Crippen LogP contribution in [0.2, 0.25) is 0 Å². The molecule has 1 aliphatic rings. The van der Waals surface area contributed by atoms with Crippen LogP contribution in [0, 0.1) is 0 Å². The molecule has 1 aromatic heterocycles. The van der Waals surface area contributed by atoms with E-state index in [-0.39, 0.29) is 19.1 Å². The molecule has 0 radical (unpaired) electrons. The van der Waals surface area contributed by atoms with E-state index in [1.54, 1.807) is 43.0 Å². The number of carbonyl (C=O) groups excluding carboxylic acids is 2. The average Bonchev–Trinajstić information content (AvgIpc) is 3.29. The molecule has 0 saturated heterocycles. The zero-order valence-corrected chi connectivity index (χ0v) is 20.4. The Balaban J connectivity index is 1.66. The van der Waals surface area contributed by atoms with Crippen LogP contribution >= 0.6 is 0 Å². The Morgan fingerprint density at radius 1 is 1.14 bits per heavy atom. The molecule has 1 atom stereocenters. The second-order valence-corrected chi connectivity index (χ2v) is 8.21. The number of aromatic nitrogens is 3. The molecule has 4 rings (SSSR count). The maximum atomic E-state index is 13.6. The van der Waals surface area contributed by atoms with E-state index in [1.807, 2.05) is 31.2 Å². The monoisotopic (exact) mass is 491 g/mol. The minimum atomic E-state index is -0.540. The molecular formula is C26H29N5O5. The van der Waals surface area contributed by atoms with E-state index in [0.29, 0.717) is 52.9 Å². The van der Waals surface area contributed by atoms with Crippen molar-refractivity contribution >= 4 is 23.5 Å². The number of esters is 1. The van der Waals surface area contributed by atoms with Crippen LogP contribution in [0.1, 0.15) is 48.1 Å². The lowest BCUT2D eigenvalue weighted by Gasteiger charge is -2.28. The second-order valence-electron chi connectivity index (χ2n) is 8.21. The minimum Gasteiger partial charge on any atom is -0.497 e.